The molecule has 0 radical (unpaired) electrons. The third-order valence-electron chi connectivity index (χ3n) is 6.02. The highest BCUT2D eigenvalue weighted by atomic mass is 19.1. The molecule has 0 bridgehead atoms. The van der Waals surface area contributed by atoms with Gasteiger partial charge in [0.1, 0.15) is 23.2 Å². The number of fused-ring (bicyclic) bond motifs is 2. The summed E-state index contributed by atoms with van der Waals surface area (Å²) in [6.45, 7) is 0. The molecule has 1 saturated carbocycles. The molecule has 6 nitrogen and oxygen atoms in total. The fourth-order valence-corrected chi connectivity index (χ4v) is 4.32. The Balaban J connectivity index is 1.44. The number of nitrogens with zero attached hydrogens (tertiary/aromatic N) is 5. The molecule has 6 rings (SSSR count). The average molecular weight is 439 g/mol. The monoisotopic (exact) mass is 439 g/mol. The van der Waals surface area contributed by atoms with Gasteiger partial charge in [0.2, 0.25) is 5.96 Å². The molecule has 1 aliphatic carbocycles. The lowest BCUT2D eigenvalue weighted by molar-refractivity contribution is -0.121. The van der Waals surface area contributed by atoms with E-state index < -0.39 is 23.2 Å². The summed E-state index contributed by atoms with van der Waals surface area (Å²) in [6, 6.07) is 10.4. The SMILES string of the molecule is O=C1N=C2N=C(c3c(F)cc(C#Cc4cccnc4)cc3F)C(c3ccccn3)N2C12CC2. The highest BCUT2D eigenvalue weighted by molar-refractivity contribution is 6.21. The van der Waals surface area contributed by atoms with Gasteiger partial charge in [-0.15, -0.1) is 0 Å². The molecule has 3 aliphatic rings. The zero-order valence-corrected chi connectivity index (χ0v) is 17.2. The molecule has 33 heavy (non-hydrogen) atoms. The Kier molecular flexibility index (Phi) is 4.20. The number of aliphatic imine (C=N–C) groups is 2. The van der Waals surface area contributed by atoms with Crippen LogP contribution in [0.5, 0.6) is 0 Å². The summed E-state index contributed by atoms with van der Waals surface area (Å²) >= 11 is 0. The minimum Gasteiger partial charge on any atom is -0.312 e. The van der Waals surface area contributed by atoms with Crippen LogP contribution >= 0.6 is 0 Å². The van der Waals surface area contributed by atoms with E-state index in [1.165, 1.54) is 12.1 Å². The summed E-state index contributed by atoms with van der Waals surface area (Å²) in [5, 5.41) is 0. The highest BCUT2D eigenvalue weighted by Crippen LogP contribution is 2.53. The molecule has 1 atom stereocenters. The molecule has 8 heteroatoms. The Hall–Kier alpha value is -4.25. The van der Waals surface area contributed by atoms with Crippen molar-refractivity contribution < 1.29 is 13.6 Å². The smallest absolute Gasteiger partial charge is 0.274 e. The molecule has 1 fully saturated rings. The Morgan fingerprint density at radius 3 is 2.42 bits per heavy atom. The van der Waals surface area contributed by atoms with Crippen LogP contribution in [0.25, 0.3) is 0 Å². The number of hydrogen-bond acceptors (Lipinski definition) is 5. The first kappa shape index (κ1) is 19.4. The molecule has 0 saturated heterocycles. The van der Waals surface area contributed by atoms with Crippen molar-refractivity contribution in [2.24, 2.45) is 9.98 Å². The number of benzene rings is 1. The van der Waals surface area contributed by atoms with E-state index in [2.05, 4.69) is 31.8 Å². The Labute approximate surface area is 187 Å². The second kappa shape index (κ2) is 7.14. The lowest BCUT2D eigenvalue weighted by atomic mass is 9.96. The Morgan fingerprint density at radius 1 is 0.970 bits per heavy atom. The quantitative estimate of drug-likeness (QED) is 0.574. The van der Waals surface area contributed by atoms with Crippen LogP contribution in [-0.4, -0.2) is 38.0 Å². The minimum atomic E-state index is -0.789. The van der Waals surface area contributed by atoms with E-state index in [9.17, 15) is 4.79 Å². The number of aromatic nitrogens is 2. The molecule has 2 aliphatic heterocycles. The highest BCUT2D eigenvalue weighted by Gasteiger charge is 2.64. The molecule has 0 N–H and O–H groups in total. The van der Waals surface area contributed by atoms with Crippen LogP contribution in [-0.2, 0) is 4.79 Å². The van der Waals surface area contributed by atoms with Crippen LogP contribution in [0.1, 0.15) is 41.3 Å². The summed E-state index contributed by atoms with van der Waals surface area (Å²) in [7, 11) is 0. The predicted octanol–water partition coefficient (Wildman–Crippen LogP) is 3.43. The zero-order chi connectivity index (χ0) is 22.6. The molecule has 1 unspecified atom stereocenters. The summed E-state index contributed by atoms with van der Waals surface area (Å²) < 4.78 is 30.6. The molecular formula is C25H15F2N5O. The molecule has 1 amide bonds. The lowest BCUT2D eigenvalue weighted by Gasteiger charge is -2.29. The maximum absolute atomic E-state index is 15.3. The third kappa shape index (κ3) is 3.04. The first-order valence-corrected chi connectivity index (χ1v) is 10.4. The van der Waals surface area contributed by atoms with Gasteiger partial charge in [-0.05, 0) is 49.2 Å². The van der Waals surface area contributed by atoms with Gasteiger partial charge in [0.25, 0.3) is 5.91 Å². The van der Waals surface area contributed by atoms with E-state index in [1.54, 1.807) is 53.8 Å². The maximum Gasteiger partial charge on any atom is 0.274 e. The van der Waals surface area contributed by atoms with E-state index in [4.69, 9.17) is 0 Å². The molecule has 160 valence electrons. The lowest BCUT2D eigenvalue weighted by Crippen LogP contribution is -2.42. The van der Waals surface area contributed by atoms with Crippen molar-refractivity contribution >= 4 is 17.6 Å². The van der Waals surface area contributed by atoms with Crippen LogP contribution < -0.4 is 0 Å². The van der Waals surface area contributed by atoms with E-state index in [0.717, 1.165) is 0 Å². The van der Waals surface area contributed by atoms with Crippen LogP contribution in [0.4, 0.5) is 8.78 Å². The predicted molar refractivity (Wildman–Crippen MR) is 116 cm³/mol. The first-order valence-electron chi connectivity index (χ1n) is 10.4. The van der Waals surface area contributed by atoms with Gasteiger partial charge in [-0.25, -0.2) is 13.8 Å². The van der Waals surface area contributed by atoms with Gasteiger partial charge in [0, 0.05) is 29.7 Å². The van der Waals surface area contributed by atoms with Crippen molar-refractivity contribution in [3.8, 4) is 11.8 Å². The maximum atomic E-state index is 15.3. The fraction of sp³-hybridized carbons (Fsp3) is 0.160. The summed E-state index contributed by atoms with van der Waals surface area (Å²) in [5.74, 6) is 3.96. The summed E-state index contributed by atoms with van der Waals surface area (Å²) in [6.07, 6.45) is 6.04. The summed E-state index contributed by atoms with van der Waals surface area (Å²) in [4.78, 5) is 31.1. The van der Waals surface area contributed by atoms with Crippen LogP contribution in [0.3, 0.4) is 0 Å². The Bertz CT molecular complexity index is 1400. The summed E-state index contributed by atoms with van der Waals surface area (Å²) in [5.41, 5.74) is 0.464. The standard InChI is InChI=1S/C25H15F2N5O/c26-17-12-16(7-6-15-4-3-10-28-14-15)13-18(27)20(17)21-22(19-5-1-2-11-29-19)32-24(30-21)31-23(33)25(32)8-9-25/h1-5,10-14,22H,8-9H2. The van der Waals surface area contributed by atoms with Gasteiger partial charge in [-0.3, -0.25) is 14.8 Å². The number of amides is 1. The van der Waals surface area contributed by atoms with Gasteiger partial charge in [0.05, 0.1) is 17.0 Å². The number of carbonyl (C=O) groups is 1. The van der Waals surface area contributed by atoms with Crippen molar-refractivity contribution in [3.63, 3.8) is 0 Å². The van der Waals surface area contributed by atoms with Crippen molar-refractivity contribution in [1.82, 2.24) is 14.9 Å². The number of pyridine rings is 2. The van der Waals surface area contributed by atoms with Crippen molar-refractivity contribution in [3.05, 3.63) is 95.1 Å². The fourth-order valence-electron chi connectivity index (χ4n) is 4.32. The van der Waals surface area contributed by atoms with Gasteiger partial charge in [0.15, 0.2) is 0 Å². The second-order valence-electron chi connectivity index (χ2n) is 8.08. The van der Waals surface area contributed by atoms with Gasteiger partial charge >= 0.3 is 0 Å². The average Bonchev–Trinajstić information content (AvgIpc) is 3.49. The number of rotatable bonds is 2. The topological polar surface area (TPSA) is 70.8 Å². The molecule has 2 aromatic heterocycles. The zero-order valence-electron chi connectivity index (χ0n) is 17.2. The molecule has 4 heterocycles. The third-order valence-corrected chi connectivity index (χ3v) is 6.02. The van der Waals surface area contributed by atoms with Crippen LogP contribution in [0.2, 0.25) is 0 Å². The Morgan fingerprint density at radius 2 is 1.76 bits per heavy atom. The van der Waals surface area contributed by atoms with Crippen LogP contribution in [0, 0.1) is 23.5 Å². The first-order chi connectivity index (χ1) is 16.1. The van der Waals surface area contributed by atoms with Gasteiger partial charge in [-0.2, -0.15) is 4.99 Å². The molecule has 1 spiro atoms. The molecule has 1 aromatic carbocycles. The molecular weight excluding hydrogens is 424 g/mol. The van der Waals surface area contributed by atoms with Crippen molar-refractivity contribution in [2.45, 2.75) is 24.4 Å². The number of hydrogen-bond donors (Lipinski definition) is 0. The molecule has 3 aromatic rings. The number of carbonyl (C=O) groups excluding carboxylic acids is 1. The number of halogens is 2. The number of guanidine groups is 1. The van der Waals surface area contributed by atoms with Crippen molar-refractivity contribution in [2.75, 3.05) is 0 Å². The van der Waals surface area contributed by atoms with Gasteiger partial charge in [-0.1, -0.05) is 17.9 Å². The van der Waals surface area contributed by atoms with E-state index >= 15 is 8.78 Å². The van der Waals surface area contributed by atoms with E-state index in [1.807, 2.05) is 0 Å². The van der Waals surface area contributed by atoms with E-state index in [0.29, 0.717) is 24.1 Å². The van der Waals surface area contributed by atoms with Gasteiger partial charge < -0.3 is 4.90 Å². The minimum absolute atomic E-state index is 0.146. The van der Waals surface area contributed by atoms with Crippen LogP contribution in [0.15, 0.2) is 71.0 Å². The normalized spacial score (nSPS) is 19.6. The van der Waals surface area contributed by atoms with E-state index in [-0.39, 0.29) is 28.7 Å². The largest absolute Gasteiger partial charge is 0.312 e. The van der Waals surface area contributed by atoms with Crippen molar-refractivity contribution in [1.29, 1.82) is 0 Å². The second-order valence-corrected chi connectivity index (χ2v) is 8.08.